The van der Waals surface area contributed by atoms with Crippen molar-refractivity contribution < 1.29 is 9.47 Å². The van der Waals surface area contributed by atoms with E-state index < -0.39 is 0 Å². The molecular formula is C14H18BrClO2. The summed E-state index contributed by atoms with van der Waals surface area (Å²) in [5, 5.41) is 0.0117. The van der Waals surface area contributed by atoms with Crippen molar-refractivity contribution in [3.8, 4) is 11.5 Å². The minimum absolute atomic E-state index is 0.0117. The maximum atomic E-state index is 6.47. The summed E-state index contributed by atoms with van der Waals surface area (Å²) in [4.78, 5) is 0. The molecule has 0 fully saturated rings. The lowest BCUT2D eigenvalue weighted by atomic mass is 10.0. The molecule has 100 valence electrons. The Kier molecular flexibility index (Phi) is 4.79. The molecule has 2 nitrogen and oxygen atoms in total. The molecule has 0 amide bonds. The van der Waals surface area contributed by atoms with Crippen LogP contribution in [-0.4, -0.2) is 13.2 Å². The van der Waals surface area contributed by atoms with E-state index in [2.05, 4.69) is 29.8 Å². The molecule has 0 aromatic heterocycles. The first-order valence-corrected chi connectivity index (χ1v) is 7.54. The van der Waals surface area contributed by atoms with Crippen LogP contribution in [-0.2, 0) is 0 Å². The SMILES string of the molecule is CC(C)CCC(Cl)c1cc2c(cc1Br)OCCO2. The normalized spacial score (nSPS) is 15.8. The molecule has 1 unspecified atom stereocenters. The van der Waals surface area contributed by atoms with Crippen molar-refractivity contribution in [3.05, 3.63) is 22.2 Å². The number of rotatable bonds is 4. The molecule has 1 aromatic carbocycles. The Hall–Kier alpha value is -0.410. The molecule has 1 heterocycles. The molecule has 0 saturated carbocycles. The van der Waals surface area contributed by atoms with Gasteiger partial charge < -0.3 is 9.47 Å². The van der Waals surface area contributed by atoms with Crippen LogP contribution in [0.1, 0.15) is 37.6 Å². The Labute approximate surface area is 122 Å². The number of halogens is 2. The van der Waals surface area contributed by atoms with Crippen LogP contribution in [0.5, 0.6) is 11.5 Å². The van der Waals surface area contributed by atoms with Crippen molar-refractivity contribution in [2.45, 2.75) is 32.1 Å². The van der Waals surface area contributed by atoms with Crippen LogP contribution < -0.4 is 9.47 Å². The van der Waals surface area contributed by atoms with E-state index in [-0.39, 0.29) is 5.38 Å². The quantitative estimate of drug-likeness (QED) is 0.727. The first-order valence-electron chi connectivity index (χ1n) is 6.31. The number of ether oxygens (including phenoxy) is 2. The second-order valence-electron chi connectivity index (χ2n) is 4.96. The summed E-state index contributed by atoms with van der Waals surface area (Å²) in [6.07, 6.45) is 2.09. The van der Waals surface area contributed by atoms with E-state index >= 15 is 0 Å². The van der Waals surface area contributed by atoms with Crippen LogP contribution in [0.15, 0.2) is 16.6 Å². The predicted octanol–water partition coefficient (Wildman–Crippen LogP) is 4.94. The molecule has 1 aliphatic rings. The van der Waals surface area contributed by atoms with Gasteiger partial charge in [-0.25, -0.2) is 0 Å². The van der Waals surface area contributed by atoms with Crippen molar-refractivity contribution in [3.63, 3.8) is 0 Å². The molecule has 2 rings (SSSR count). The lowest BCUT2D eigenvalue weighted by molar-refractivity contribution is 0.171. The zero-order valence-electron chi connectivity index (χ0n) is 10.7. The van der Waals surface area contributed by atoms with Crippen molar-refractivity contribution in [2.24, 2.45) is 5.92 Å². The van der Waals surface area contributed by atoms with Gasteiger partial charge >= 0.3 is 0 Å². The third-order valence-electron chi connectivity index (χ3n) is 3.00. The fourth-order valence-corrected chi connectivity index (χ4v) is 2.99. The van der Waals surface area contributed by atoms with Gasteiger partial charge in [-0.15, -0.1) is 11.6 Å². The van der Waals surface area contributed by atoms with E-state index in [1.165, 1.54) is 0 Å². The topological polar surface area (TPSA) is 18.5 Å². The van der Waals surface area contributed by atoms with Crippen LogP contribution in [0, 0.1) is 5.92 Å². The van der Waals surface area contributed by atoms with Gasteiger partial charge in [-0.1, -0.05) is 29.8 Å². The second-order valence-corrected chi connectivity index (χ2v) is 6.34. The van der Waals surface area contributed by atoms with Gasteiger partial charge in [0, 0.05) is 4.47 Å². The first-order chi connectivity index (χ1) is 8.58. The van der Waals surface area contributed by atoms with Gasteiger partial charge in [0.05, 0.1) is 5.38 Å². The van der Waals surface area contributed by atoms with Gasteiger partial charge in [0.2, 0.25) is 0 Å². The molecule has 4 heteroatoms. The molecule has 0 saturated heterocycles. The highest BCUT2D eigenvalue weighted by Crippen LogP contribution is 2.41. The van der Waals surface area contributed by atoms with Crippen molar-refractivity contribution in [1.82, 2.24) is 0 Å². The lowest BCUT2D eigenvalue weighted by Crippen LogP contribution is -2.15. The average molecular weight is 334 g/mol. The first kappa shape index (κ1) is 14.0. The van der Waals surface area contributed by atoms with Gasteiger partial charge in [0.1, 0.15) is 13.2 Å². The Bertz CT molecular complexity index is 421. The van der Waals surface area contributed by atoms with Gasteiger partial charge in [0.15, 0.2) is 11.5 Å². The third-order valence-corrected chi connectivity index (χ3v) is 4.14. The number of alkyl halides is 1. The van der Waals surface area contributed by atoms with Crippen molar-refractivity contribution in [1.29, 1.82) is 0 Å². The largest absolute Gasteiger partial charge is 0.486 e. The number of fused-ring (bicyclic) bond motifs is 1. The fourth-order valence-electron chi connectivity index (χ4n) is 1.95. The smallest absolute Gasteiger partial charge is 0.162 e. The molecule has 0 spiro atoms. The zero-order valence-corrected chi connectivity index (χ0v) is 13.1. The van der Waals surface area contributed by atoms with Gasteiger partial charge in [-0.05, 0) is 36.5 Å². The molecule has 0 bridgehead atoms. The summed E-state index contributed by atoms with van der Waals surface area (Å²) in [7, 11) is 0. The number of hydrogen-bond acceptors (Lipinski definition) is 2. The zero-order chi connectivity index (χ0) is 13.1. The van der Waals surface area contributed by atoms with Crippen LogP contribution >= 0.6 is 27.5 Å². The summed E-state index contributed by atoms with van der Waals surface area (Å²) >= 11 is 10.0. The minimum atomic E-state index is 0.0117. The Balaban J connectivity index is 2.17. The lowest BCUT2D eigenvalue weighted by Gasteiger charge is -2.21. The molecule has 1 aliphatic heterocycles. The Morgan fingerprint density at radius 2 is 1.78 bits per heavy atom. The van der Waals surface area contributed by atoms with E-state index in [1.54, 1.807) is 0 Å². The summed E-state index contributed by atoms with van der Waals surface area (Å²) in [6.45, 7) is 5.63. The van der Waals surface area contributed by atoms with Crippen LogP contribution in [0.4, 0.5) is 0 Å². The molecule has 18 heavy (non-hydrogen) atoms. The van der Waals surface area contributed by atoms with Crippen LogP contribution in [0.2, 0.25) is 0 Å². The van der Waals surface area contributed by atoms with Gasteiger partial charge in [-0.3, -0.25) is 0 Å². The summed E-state index contributed by atoms with van der Waals surface area (Å²) < 4.78 is 12.1. The summed E-state index contributed by atoms with van der Waals surface area (Å²) in [6, 6.07) is 3.95. The van der Waals surface area contributed by atoms with E-state index in [9.17, 15) is 0 Å². The summed E-state index contributed by atoms with van der Waals surface area (Å²) in [5.74, 6) is 2.27. The highest BCUT2D eigenvalue weighted by molar-refractivity contribution is 9.10. The van der Waals surface area contributed by atoms with Crippen molar-refractivity contribution >= 4 is 27.5 Å². The van der Waals surface area contributed by atoms with Crippen molar-refractivity contribution in [2.75, 3.05) is 13.2 Å². The molecule has 0 radical (unpaired) electrons. The van der Waals surface area contributed by atoms with E-state index in [0.29, 0.717) is 19.1 Å². The molecule has 1 aromatic rings. The molecular weight excluding hydrogens is 316 g/mol. The van der Waals surface area contributed by atoms with E-state index in [0.717, 1.165) is 34.4 Å². The number of hydrogen-bond donors (Lipinski definition) is 0. The van der Waals surface area contributed by atoms with Crippen LogP contribution in [0.25, 0.3) is 0 Å². The molecule has 0 aliphatic carbocycles. The third kappa shape index (κ3) is 3.33. The highest BCUT2D eigenvalue weighted by Gasteiger charge is 2.19. The highest BCUT2D eigenvalue weighted by atomic mass is 79.9. The molecule has 1 atom stereocenters. The average Bonchev–Trinajstić information content (AvgIpc) is 2.35. The van der Waals surface area contributed by atoms with Crippen LogP contribution in [0.3, 0.4) is 0 Å². The van der Waals surface area contributed by atoms with E-state index in [1.807, 2.05) is 12.1 Å². The van der Waals surface area contributed by atoms with Gasteiger partial charge in [0.25, 0.3) is 0 Å². The maximum absolute atomic E-state index is 6.47. The number of benzene rings is 1. The van der Waals surface area contributed by atoms with Gasteiger partial charge in [-0.2, -0.15) is 0 Å². The summed E-state index contributed by atoms with van der Waals surface area (Å²) in [5.41, 5.74) is 1.08. The monoisotopic (exact) mass is 332 g/mol. The standard InChI is InChI=1S/C14H18BrClO2/c1-9(2)3-4-12(16)10-7-13-14(8-11(10)15)18-6-5-17-13/h7-9,12H,3-6H2,1-2H3. The second kappa shape index (κ2) is 6.16. The molecule has 0 N–H and O–H groups in total. The fraction of sp³-hybridized carbons (Fsp3) is 0.571. The van der Waals surface area contributed by atoms with E-state index in [4.69, 9.17) is 21.1 Å². The maximum Gasteiger partial charge on any atom is 0.162 e. The Morgan fingerprint density at radius 3 is 2.39 bits per heavy atom. The predicted molar refractivity (Wildman–Crippen MR) is 77.8 cm³/mol. The minimum Gasteiger partial charge on any atom is -0.486 e. The Morgan fingerprint density at radius 1 is 1.17 bits per heavy atom.